The molecule has 6 heteroatoms. The standard InChI is InChI=1S/C15H30N6/c1-4-7-10-17-14-19-13(16)21(12-9-6-3)15(20-14)18-11-8-5-2/h4-12H2,1-3H3,(H3,16,17,18,19,20). The lowest BCUT2D eigenvalue weighted by Crippen LogP contribution is -2.30. The zero-order valence-electron chi connectivity index (χ0n) is 13.7. The SMILES string of the molecule is CCCCN=c1nc(NCCCC)nc(N)n1CCCC. The summed E-state index contributed by atoms with van der Waals surface area (Å²) in [5.41, 5.74) is 6.78. The lowest BCUT2D eigenvalue weighted by atomic mass is 10.3. The summed E-state index contributed by atoms with van der Waals surface area (Å²) in [6.45, 7) is 8.95. The van der Waals surface area contributed by atoms with Crippen molar-refractivity contribution in [3.63, 3.8) is 0 Å². The topological polar surface area (TPSA) is 81.1 Å². The minimum atomic E-state index is 0.493. The Kier molecular flexibility index (Phi) is 8.47. The van der Waals surface area contributed by atoms with E-state index in [1.807, 2.05) is 4.57 Å². The third kappa shape index (κ3) is 6.14. The summed E-state index contributed by atoms with van der Waals surface area (Å²) in [5, 5.41) is 3.22. The van der Waals surface area contributed by atoms with Gasteiger partial charge in [0.05, 0.1) is 0 Å². The van der Waals surface area contributed by atoms with E-state index in [-0.39, 0.29) is 0 Å². The molecule has 6 nitrogen and oxygen atoms in total. The molecule has 0 unspecified atom stereocenters. The molecule has 0 amide bonds. The summed E-state index contributed by atoms with van der Waals surface area (Å²) in [4.78, 5) is 13.5. The summed E-state index contributed by atoms with van der Waals surface area (Å²) in [6, 6.07) is 0. The van der Waals surface area contributed by atoms with Gasteiger partial charge < -0.3 is 11.1 Å². The first kappa shape index (κ1) is 17.5. The number of hydrogen-bond acceptors (Lipinski definition) is 5. The molecule has 0 aliphatic rings. The molecular weight excluding hydrogens is 264 g/mol. The van der Waals surface area contributed by atoms with Gasteiger partial charge in [0, 0.05) is 19.6 Å². The predicted molar refractivity (Wildman–Crippen MR) is 88.1 cm³/mol. The second-order valence-corrected chi connectivity index (χ2v) is 5.23. The maximum atomic E-state index is 6.08. The van der Waals surface area contributed by atoms with Gasteiger partial charge in [0.15, 0.2) is 0 Å². The van der Waals surface area contributed by atoms with Crippen molar-refractivity contribution in [3.05, 3.63) is 5.62 Å². The Balaban J connectivity index is 2.97. The molecule has 0 aliphatic heterocycles. The van der Waals surface area contributed by atoms with Crippen LogP contribution in [0.3, 0.4) is 0 Å². The molecule has 1 heterocycles. The molecule has 0 aliphatic carbocycles. The van der Waals surface area contributed by atoms with Crippen molar-refractivity contribution in [3.8, 4) is 0 Å². The van der Waals surface area contributed by atoms with Crippen LogP contribution in [-0.2, 0) is 6.54 Å². The highest BCUT2D eigenvalue weighted by molar-refractivity contribution is 5.29. The Hall–Kier alpha value is -1.59. The van der Waals surface area contributed by atoms with Crippen molar-refractivity contribution in [2.45, 2.75) is 65.8 Å². The first-order chi connectivity index (χ1) is 10.2. The average molecular weight is 294 g/mol. The predicted octanol–water partition coefficient (Wildman–Crippen LogP) is 2.57. The molecule has 3 N–H and O–H groups in total. The number of nitrogens with two attached hydrogens (primary N) is 1. The van der Waals surface area contributed by atoms with E-state index in [4.69, 9.17) is 5.73 Å². The number of aromatic nitrogens is 3. The van der Waals surface area contributed by atoms with Crippen molar-refractivity contribution < 1.29 is 0 Å². The zero-order valence-corrected chi connectivity index (χ0v) is 13.7. The molecule has 21 heavy (non-hydrogen) atoms. The highest BCUT2D eigenvalue weighted by Crippen LogP contribution is 2.03. The van der Waals surface area contributed by atoms with Crippen LogP contribution in [0.1, 0.15) is 59.3 Å². The van der Waals surface area contributed by atoms with Crippen molar-refractivity contribution in [1.29, 1.82) is 0 Å². The van der Waals surface area contributed by atoms with Crippen LogP contribution in [0.2, 0.25) is 0 Å². The van der Waals surface area contributed by atoms with Crippen LogP contribution in [0.15, 0.2) is 4.99 Å². The first-order valence-electron chi connectivity index (χ1n) is 8.21. The molecule has 0 aromatic carbocycles. The van der Waals surface area contributed by atoms with E-state index in [1.54, 1.807) is 0 Å². The normalized spacial score (nSPS) is 11.9. The van der Waals surface area contributed by atoms with E-state index < -0.39 is 0 Å². The van der Waals surface area contributed by atoms with Gasteiger partial charge in [-0.3, -0.25) is 9.56 Å². The van der Waals surface area contributed by atoms with Crippen LogP contribution in [0.5, 0.6) is 0 Å². The van der Waals surface area contributed by atoms with E-state index in [9.17, 15) is 0 Å². The van der Waals surface area contributed by atoms with Crippen molar-refractivity contribution in [2.75, 3.05) is 24.1 Å². The quantitative estimate of drug-likeness (QED) is 0.650. The Bertz CT molecular complexity index is 466. The molecule has 0 atom stereocenters. The number of rotatable bonds is 10. The smallest absolute Gasteiger partial charge is 0.230 e. The van der Waals surface area contributed by atoms with Gasteiger partial charge in [-0.2, -0.15) is 9.97 Å². The minimum Gasteiger partial charge on any atom is -0.369 e. The van der Waals surface area contributed by atoms with E-state index in [1.165, 1.54) is 0 Å². The number of nitrogen functional groups attached to an aromatic ring is 1. The van der Waals surface area contributed by atoms with Crippen molar-refractivity contribution in [1.82, 2.24) is 14.5 Å². The maximum Gasteiger partial charge on any atom is 0.230 e. The molecule has 0 saturated carbocycles. The molecule has 1 aromatic rings. The van der Waals surface area contributed by atoms with Gasteiger partial charge in [-0.05, 0) is 19.3 Å². The second kappa shape index (κ2) is 10.2. The Morgan fingerprint density at radius 3 is 2.43 bits per heavy atom. The van der Waals surface area contributed by atoms with Gasteiger partial charge in [0.2, 0.25) is 17.5 Å². The van der Waals surface area contributed by atoms with Crippen molar-refractivity contribution in [2.24, 2.45) is 4.99 Å². The number of nitrogens with one attached hydrogen (secondary N) is 1. The van der Waals surface area contributed by atoms with Crippen LogP contribution in [0, 0.1) is 0 Å². The number of nitrogens with zero attached hydrogens (tertiary/aromatic N) is 4. The van der Waals surface area contributed by atoms with Crippen LogP contribution in [0.25, 0.3) is 0 Å². The van der Waals surface area contributed by atoms with Gasteiger partial charge in [-0.15, -0.1) is 0 Å². The van der Waals surface area contributed by atoms with Crippen LogP contribution in [-0.4, -0.2) is 27.6 Å². The summed E-state index contributed by atoms with van der Waals surface area (Å²) in [6.07, 6.45) is 6.58. The molecule has 0 radical (unpaired) electrons. The minimum absolute atomic E-state index is 0.493. The van der Waals surface area contributed by atoms with Crippen LogP contribution < -0.4 is 16.7 Å². The second-order valence-electron chi connectivity index (χ2n) is 5.23. The Morgan fingerprint density at radius 2 is 1.76 bits per heavy atom. The number of unbranched alkanes of at least 4 members (excludes halogenated alkanes) is 3. The van der Waals surface area contributed by atoms with Gasteiger partial charge in [-0.1, -0.05) is 40.0 Å². The third-order valence-electron chi connectivity index (χ3n) is 3.26. The Morgan fingerprint density at radius 1 is 1.05 bits per heavy atom. The summed E-state index contributed by atoms with van der Waals surface area (Å²) < 4.78 is 1.92. The van der Waals surface area contributed by atoms with Gasteiger partial charge in [0.1, 0.15) is 0 Å². The van der Waals surface area contributed by atoms with Crippen LogP contribution in [0.4, 0.5) is 11.9 Å². The van der Waals surface area contributed by atoms with Crippen LogP contribution >= 0.6 is 0 Å². The maximum absolute atomic E-state index is 6.08. The zero-order chi connectivity index (χ0) is 15.5. The largest absolute Gasteiger partial charge is 0.369 e. The van der Waals surface area contributed by atoms with Crippen molar-refractivity contribution >= 4 is 11.9 Å². The molecule has 1 aromatic heterocycles. The molecule has 120 valence electrons. The monoisotopic (exact) mass is 294 g/mol. The fourth-order valence-corrected chi connectivity index (χ4v) is 1.90. The summed E-state index contributed by atoms with van der Waals surface area (Å²) in [7, 11) is 0. The molecular formula is C15H30N6. The Labute approximate surface area is 127 Å². The lowest BCUT2D eigenvalue weighted by molar-refractivity contribution is 0.580. The number of anilines is 2. The third-order valence-corrected chi connectivity index (χ3v) is 3.26. The summed E-state index contributed by atoms with van der Waals surface area (Å²) >= 11 is 0. The van der Waals surface area contributed by atoms with E-state index in [0.717, 1.165) is 58.2 Å². The van der Waals surface area contributed by atoms with E-state index >= 15 is 0 Å². The fraction of sp³-hybridized carbons (Fsp3) is 0.800. The van der Waals surface area contributed by atoms with Gasteiger partial charge >= 0.3 is 0 Å². The molecule has 0 saturated heterocycles. The summed E-state index contributed by atoms with van der Waals surface area (Å²) in [5.74, 6) is 1.08. The lowest BCUT2D eigenvalue weighted by Gasteiger charge is -2.12. The number of hydrogen-bond donors (Lipinski definition) is 2. The molecule has 1 rings (SSSR count). The average Bonchev–Trinajstić information content (AvgIpc) is 2.47. The highest BCUT2D eigenvalue weighted by Gasteiger charge is 2.05. The first-order valence-corrected chi connectivity index (χ1v) is 8.21. The van der Waals surface area contributed by atoms with E-state index in [0.29, 0.717) is 17.5 Å². The van der Waals surface area contributed by atoms with Gasteiger partial charge in [-0.25, -0.2) is 0 Å². The fourth-order valence-electron chi connectivity index (χ4n) is 1.90. The molecule has 0 fully saturated rings. The van der Waals surface area contributed by atoms with E-state index in [2.05, 4.69) is 41.0 Å². The molecule has 0 spiro atoms. The molecule has 0 bridgehead atoms. The van der Waals surface area contributed by atoms with Gasteiger partial charge in [0.25, 0.3) is 0 Å². The highest BCUT2D eigenvalue weighted by atomic mass is 15.3.